The van der Waals surface area contributed by atoms with Gasteiger partial charge >= 0.3 is 0 Å². The van der Waals surface area contributed by atoms with E-state index < -0.39 is 0 Å². The first-order chi connectivity index (χ1) is 10.6. The molecule has 0 radical (unpaired) electrons. The average Bonchev–Trinajstić information content (AvgIpc) is 2.49. The van der Waals surface area contributed by atoms with Gasteiger partial charge in [0.2, 0.25) is 5.95 Å². The van der Waals surface area contributed by atoms with Gasteiger partial charge in [0.15, 0.2) is 0 Å². The van der Waals surface area contributed by atoms with E-state index in [1.54, 1.807) is 0 Å². The maximum Gasteiger partial charge on any atom is 0.232 e. The zero-order valence-electron chi connectivity index (χ0n) is 14.3. The van der Waals surface area contributed by atoms with Gasteiger partial charge in [-0.3, -0.25) is 0 Å². The Hall–Kier alpha value is -2.10. The van der Waals surface area contributed by atoms with Gasteiger partial charge in [-0.05, 0) is 52.3 Å². The first-order valence-electron chi connectivity index (χ1n) is 8.03. The van der Waals surface area contributed by atoms with Crippen LogP contribution in [0.15, 0.2) is 30.3 Å². The fourth-order valence-electron chi connectivity index (χ4n) is 2.60. The highest BCUT2D eigenvalue weighted by Crippen LogP contribution is 2.25. The molecule has 0 N–H and O–H groups in total. The highest BCUT2D eigenvalue weighted by molar-refractivity contribution is 5.59. The number of benzene rings is 1. The fraction of sp³-hybridized carbons (Fsp3) is 0.444. The summed E-state index contributed by atoms with van der Waals surface area (Å²) in [7, 11) is 0. The van der Waals surface area contributed by atoms with Crippen molar-refractivity contribution < 1.29 is 0 Å². The lowest BCUT2D eigenvalue weighted by molar-refractivity contribution is 0.830. The van der Waals surface area contributed by atoms with Crippen LogP contribution in [0.1, 0.15) is 32.0 Å². The van der Waals surface area contributed by atoms with E-state index in [9.17, 15) is 0 Å². The first kappa shape index (κ1) is 16.3. The predicted octanol–water partition coefficient (Wildman–Crippen LogP) is 4.10. The maximum atomic E-state index is 4.79. The van der Waals surface area contributed by atoms with Crippen LogP contribution >= 0.6 is 0 Å². The molecule has 22 heavy (non-hydrogen) atoms. The van der Waals surface area contributed by atoms with E-state index >= 15 is 0 Å². The molecule has 2 rings (SSSR count). The third kappa shape index (κ3) is 3.56. The lowest BCUT2D eigenvalue weighted by atomic mass is 10.2. The van der Waals surface area contributed by atoms with Gasteiger partial charge in [0.05, 0.1) is 0 Å². The van der Waals surface area contributed by atoms with Crippen LogP contribution in [-0.2, 0) is 0 Å². The number of anilines is 3. The molecular formula is C18H26N4. The molecule has 1 aromatic heterocycles. The molecule has 0 spiro atoms. The van der Waals surface area contributed by atoms with Gasteiger partial charge in [-0.1, -0.05) is 12.1 Å². The highest BCUT2D eigenvalue weighted by Gasteiger charge is 2.14. The standard InChI is InChI=1S/C18H26N4/c1-6-21(7-2)17-13-15(5)19-18(20-17)22(8-3)16-11-9-10-14(4)12-16/h9-13H,6-8H2,1-5H3. The molecule has 0 fully saturated rings. The molecule has 0 aliphatic rings. The number of nitrogens with zero attached hydrogens (tertiary/aromatic N) is 4. The van der Waals surface area contributed by atoms with Crippen molar-refractivity contribution >= 4 is 17.5 Å². The zero-order valence-corrected chi connectivity index (χ0v) is 14.3. The number of hydrogen-bond acceptors (Lipinski definition) is 4. The summed E-state index contributed by atoms with van der Waals surface area (Å²) < 4.78 is 0. The number of rotatable bonds is 6. The van der Waals surface area contributed by atoms with Crippen molar-refractivity contribution in [2.45, 2.75) is 34.6 Å². The largest absolute Gasteiger partial charge is 0.357 e. The third-order valence-corrected chi connectivity index (χ3v) is 3.79. The quantitative estimate of drug-likeness (QED) is 0.804. The van der Waals surface area contributed by atoms with Crippen LogP contribution in [0, 0.1) is 13.8 Å². The SMILES string of the molecule is CCN(CC)c1cc(C)nc(N(CC)c2cccc(C)c2)n1. The minimum Gasteiger partial charge on any atom is -0.357 e. The fourth-order valence-corrected chi connectivity index (χ4v) is 2.60. The topological polar surface area (TPSA) is 32.3 Å². The Labute approximate surface area is 133 Å². The van der Waals surface area contributed by atoms with Crippen molar-refractivity contribution in [1.29, 1.82) is 0 Å². The second-order valence-electron chi connectivity index (χ2n) is 5.42. The molecule has 4 heteroatoms. The van der Waals surface area contributed by atoms with Crippen LogP contribution in [0.2, 0.25) is 0 Å². The Morgan fingerprint density at radius 3 is 2.23 bits per heavy atom. The van der Waals surface area contributed by atoms with Crippen molar-refractivity contribution in [3.05, 3.63) is 41.6 Å². The van der Waals surface area contributed by atoms with E-state index in [0.717, 1.165) is 42.8 Å². The molecule has 0 saturated heterocycles. The van der Waals surface area contributed by atoms with E-state index in [4.69, 9.17) is 4.98 Å². The summed E-state index contributed by atoms with van der Waals surface area (Å²) in [5, 5.41) is 0. The Morgan fingerprint density at radius 1 is 0.909 bits per heavy atom. The molecule has 0 aliphatic heterocycles. The Bertz CT molecular complexity index is 620. The lowest BCUT2D eigenvalue weighted by Crippen LogP contribution is -2.25. The summed E-state index contributed by atoms with van der Waals surface area (Å²) in [6.07, 6.45) is 0. The number of hydrogen-bond donors (Lipinski definition) is 0. The molecule has 0 amide bonds. The Morgan fingerprint density at radius 2 is 1.64 bits per heavy atom. The minimum atomic E-state index is 0.773. The highest BCUT2D eigenvalue weighted by atomic mass is 15.3. The summed E-state index contributed by atoms with van der Waals surface area (Å²) in [5.74, 6) is 1.77. The summed E-state index contributed by atoms with van der Waals surface area (Å²) in [5.41, 5.74) is 3.38. The van der Waals surface area contributed by atoms with E-state index in [1.165, 1.54) is 5.56 Å². The van der Waals surface area contributed by atoms with Gasteiger partial charge in [0.25, 0.3) is 0 Å². The molecule has 1 aromatic carbocycles. The maximum absolute atomic E-state index is 4.79. The molecule has 4 nitrogen and oxygen atoms in total. The van der Waals surface area contributed by atoms with Gasteiger partial charge < -0.3 is 9.80 Å². The summed E-state index contributed by atoms with van der Waals surface area (Å²) >= 11 is 0. The van der Waals surface area contributed by atoms with E-state index in [1.807, 2.05) is 6.92 Å². The molecule has 0 unspecified atom stereocenters. The summed E-state index contributed by atoms with van der Waals surface area (Å²) in [6, 6.07) is 10.5. The van der Waals surface area contributed by atoms with Crippen LogP contribution in [0.4, 0.5) is 17.5 Å². The summed E-state index contributed by atoms with van der Waals surface area (Å²) in [6.45, 7) is 13.3. The van der Waals surface area contributed by atoms with Crippen LogP contribution in [-0.4, -0.2) is 29.6 Å². The average molecular weight is 298 g/mol. The van der Waals surface area contributed by atoms with Crippen LogP contribution in [0.3, 0.4) is 0 Å². The second-order valence-corrected chi connectivity index (χ2v) is 5.42. The van der Waals surface area contributed by atoms with Gasteiger partial charge in [-0.15, -0.1) is 0 Å². The molecule has 0 aliphatic carbocycles. The number of aryl methyl sites for hydroxylation is 2. The number of aromatic nitrogens is 2. The van der Waals surface area contributed by atoms with Gasteiger partial charge in [0.1, 0.15) is 5.82 Å². The molecule has 0 atom stereocenters. The smallest absolute Gasteiger partial charge is 0.232 e. The predicted molar refractivity (Wildman–Crippen MR) is 94.2 cm³/mol. The Kier molecular flexibility index (Phi) is 5.36. The van der Waals surface area contributed by atoms with Crippen molar-refractivity contribution in [3.8, 4) is 0 Å². The Balaban J connectivity index is 2.45. The monoisotopic (exact) mass is 298 g/mol. The van der Waals surface area contributed by atoms with E-state index in [-0.39, 0.29) is 0 Å². The van der Waals surface area contributed by atoms with Crippen LogP contribution < -0.4 is 9.80 Å². The van der Waals surface area contributed by atoms with Crippen molar-refractivity contribution in [2.75, 3.05) is 29.4 Å². The molecule has 118 valence electrons. The summed E-state index contributed by atoms with van der Waals surface area (Å²) in [4.78, 5) is 13.9. The molecular weight excluding hydrogens is 272 g/mol. The molecule has 0 saturated carbocycles. The molecule has 0 bridgehead atoms. The third-order valence-electron chi connectivity index (χ3n) is 3.79. The molecule has 1 heterocycles. The van der Waals surface area contributed by atoms with Gasteiger partial charge in [-0.25, -0.2) is 4.98 Å². The second kappa shape index (κ2) is 7.25. The lowest BCUT2D eigenvalue weighted by Gasteiger charge is -2.25. The normalized spacial score (nSPS) is 10.6. The van der Waals surface area contributed by atoms with Crippen LogP contribution in [0.5, 0.6) is 0 Å². The first-order valence-corrected chi connectivity index (χ1v) is 8.03. The van der Waals surface area contributed by atoms with E-state index in [0.29, 0.717) is 0 Å². The minimum absolute atomic E-state index is 0.773. The molecule has 2 aromatic rings. The zero-order chi connectivity index (χ0) is 16.1. The van der Waals surface area contributed by atoms with E-state index in [2.05, 4.69) is 72.8 Å². The van der Waals surface area contributed by atoms with Gasteiger partial charge in [0, 0.05) is 37.1 Å². The van der Waals surface area contributed by atoms with Gasteiger partial charge in [-0.2, -0.15) is 4.98 Å². The van der Waals surface area contributed by atoms with Crippen molar-refractivity contribution in [1.82, 2.24) is 9.97 Å². The van der Waals surface area contributed by atoms with Crippen LogP contribution in [0.25, 0.3) is 0 Å². The van der Waals surface area contributed by atoms with Crippen molar-refractivity contribution in [2.24, 2.45) is 0 Å². The van der Waals surface area contributed by atoms with Crippen molar-refractivity contribution in [3.63, 3.8) is 0 Å².